The summed E-state index contributed by atoms with van der Waals surface area (Å²) >= 11 is 1.30. The third kappa shape index (κ3) is 6.98. The van der Waals surface area contributed by atoms with Crippen molar-refractivity contribution in [2.24, 2.45) is 0 Å². The first-order chi connectivity index (χ1) is 15.3. The summed E-state index contributed by atoms with van der Waals surface area (Å²) in [6.45, 7) is 9.87. The maximum atomic E-state index is 12.5. The van der Waals surface area contributed by atoms with Crippen molar-refractivity contribution in [3.8, 4) is 11.5 Å². The van der Waals surface area contributed by atoms with E-state index in [0.717, 1.165) is 16.0 Å². The number of nitrogens with one attached hydrogen (secondary N) is 2. The number of carbonyl (C=O) groups excluding carboxylic acids is 3. The first-order valence-electron chi connectivity index (χ1n) is 10.5. The largest absolute Gasteiger partial charge is 0.490 e. The van der Waals surface area contributed by atoms with Crippen molar-refractivity contribution < 1.29 is 28.6 Å². The molecular weight excluding hydrogens is 432 g/mol. The van der Waals surface area contributed by atoms with Crippen molar-refractivity contribution >= 4 is 34.1 Å². The second-order valence-corrected chi connectivity index (χ2v) is 8.22. The van der Waals surface area contributed by atoms with Crippen LogP contribution in [0.25, 0.3) is 0 Å². The molecule has 8 nitrogen and oxygen atoms in total. The minimum atomic E-state index is -0.640. The lowest BCUT2D eigenvalue weighted by atomic mass is 10.1. The summed E-state index contributed by atoms with van der Waals surface area (Å²) in [5.74, 6) is 0.0357. The lowest BCUT2D eigenvalue weighted by molar-refractivity contribution is -0.124. The van der Waals surface area contributed by atoms with Crippen LogP contribution in [0.4, 0.5) is 5.00 Å². The molecule has 0 bridgehead atoms. The van der Waals surface area contributed by atoms with Gasteiger partial charge in [-0.05, 0) is 57.4 Å². The Balaban J connectivity index is 1.87. The number of ether oxygens (including phenoxy) is 3. The van der Waals surface area contributed by atoms with E-state index in [2.05, 4.69) is 10.6 Å². The zero-order valence-corrected chi connectivity index (χ0v) is 19.9. The summed E-state index contributed by atoms with van der Waals surface area (Å²) < 4.78 is 16.3. The Labute approximate surface area is 192 Å². The molecule has 1 aromatic carbocycles. The number of thiophene rings is 1. The Kier molecular flexibility index (Phi) is 9.52. The van der Waals surface area contributed by atoms with E-state index in [-0.39, 0.29) is 11.5 Å². The maximum Gasteiger partial charge on any atom is 0.341 e. The lowest BCUT2D eigenvalue weighted by Gasteiger charge is -2.13. The molecule has 2 N–H and O–H groups in total. The van der Waals surface area contributed by atoms with Crippen molar-refractivity contribution in [2.75, 3.05) is 31.7 Å². The van der Waals surface area contributed by atoms with Gasteiger partial charge < -0.3 is 24.8 Å². The van der Waals surface area contributed by atoms with Crippen molar-refractivity contribution in [2.45, 2.75) is 41.0 Å². The summed E-state index contributed by atoms with van der Waals surface area (Å²) in [5.41, 5.74) is 2.00. The van der Waals surface area contributed by atoms with Crippen molar-refractivity contribution in [1.82, 2.24) is 5.32 Å². The molecule has 0 saturated heterocycles. The van der Waals surface area contributed by atoms with Crippen LogP contribution in [0.1, 0.15) is 47.1 Å². The number of benzene rings is 1. The fourth-order valence-corrected chi connectivity index (χ4v) is 4.07. The molecule has 2 rings (SSSR count). The molecule has 32 heavy (non-hydrogen) atoms. The molecule has 0 aliphatic heterocycles. The molecule has 0 unspecified atom stereocenters. The predicted octanol–water partition coefficient (Wildman–Crippen LogP) is 3.64. The van der Waals surface area contributed by atoms with Crippen molar-refractivity contribution in [3.63, 3.8) is 0 Å². The van der Waals surface area contributed by atoms with E-state index in [9.17, 15) is 14.4 Å². The summed E-state index contributed by atoms with van der Waals surface area (Å²) in [7, 11) is 0. The van der Waals surface area contributed by atoms with Crippen LogP contribution in [0.3, 0.4) is 0 Å². The molecule has 2 amide bonds. The van der Waals surface area contributed by atoms with E-state index < -0.39 is 18.5 Å². The Bertz CT molecular complexity index is 970. The number of carbonyl (C=O) groups is 3. The zero-order chi connectivity index (χ0) is 23.7. The predicted molar refractivity (Wildman–Crippen MR) is 124 cm³/mol. The Morgan fingerprint density at radius 1 is 1.03 bits per heavy atom. The SMILES string of the molecule is CCOc1ccc(CCNC(=O)COC(=O)c2c(NC(C)=O)sc(C)c2C)cc1OCC. The Morgan fingerprint density at radius 2 is 1.72 bits per heavy atom. The average molecular weight is 463 g/mol. The van der Waals surface area contributed by atoms with Crippen LogP contribution in [-0.2, 0) is 20.7 Å². The van der Waals surface area contributed by atoms with Crippen molar-refractivity contribution in [1.29, 1.82) is 0 Å². The summed E-state index contributed by atoms with van der Waals surface area (Å²) in [5, 5.41) is 5.81. The van der Waals surface area contributed by atoms with Gasteiger partial charge in [0.2, 0.25) is 5.91 Å². The number of esters is 1. The topological polar surface area (TPSA) is 103 Å². The number of hydrogen-bond acceptors (Lipinski definition) is 7. The van der Waals surface area contributed by atoms with Gasteiger partial charge in [-0.1, -0.05) is 6.07 Å². The molecule has 0 atom stereocenters. The van der Waals surface area contributed by atoms with Gasteiger partial charge in [0.25, 0.3) is 5.91 Å². The van der Waals surface area contributed by atoms with E-state index >= 15 is 0 Å². The molecule has 0 radical (unpaired) electrons. The monoisotopic (exact) mass is 462 g/mol. The number of rotatable bonds is 11. The number of anilines is 1. The summed E-state index contributed by atoms with van der Waals surface area (Å²) in [6.07, 6.45) is 0.585. The fourth-order valence-electron chi connectivity index (χ4n) is 2.97. The van der Waals surface area contributed by atoms with Gasteiger partial charge in [-0.3, -0.25) is 9.59 Å². The molecule has 0 spiro atoms. The number of aryl methyl sites for hydroxylation is 1. The summed E-state index contributed by atoms with van der Waals surface area (Å²) in [6, 6.07) is 5.67. The van der Waals surface area contributed by atoms with Crippen molar-refractivity contribution in [3.05, 3.63) is 39.8 Å². The molecule has 0 saturated carbocycles. The van der Waals surface area contributed by atoms with Gasteiger partial charge in [-0.2, -0.15) is 0 Å². The highest BCUT2D eigenvalue weighted by Crippen LogP contribution is 2.33. The molecule has 2 aromatic rings. The van der Waals surface area contributed by atoms with Gasteiger partial charge >= 0.3 is 5.97 Å². The molecule has 0 aliphatic rings. The molecule has 0 fully saturated rings. The average Bonchev–Trinajstić information content (AvgIpc) is 3.01. The Morgan fingerprint density at radius 3 is 2.38 bits per heavy atom. The summed E-state index contributed by atoms with van der Waals surface area (Å²) in [4.78, 5) is 36.9. The molecular formula is C23H30N2O6S. The maximum absolute atomic E-state index is 12.5. The molecule has 1 heterocycles. The van der Waals surface area contributed by atoms with E-state index in [4.69, 9.17) is 14.2 Å². The van der Waals surface area contributed by atoms with E-state index in [1.807, 2.05) is 39.0 Å². The van der Waals surface area contributed by atoms with Gasteiger partial charge in [0.15, 0.2) is 18.1 Å². The Hall–Kier alpha value is -3.07. The highest BCUT2D eigenvalue weighted by Gasteiger charge is 2.22. The van der Waals surface area contributed by atoms with Crippen LogP contribution in [0.2, 0.25) is 0 Å². The first-order valence-corrected chi connectivity index (χ1v) is 11.3. The highest BCUT2D eigenvalue weighted by molar-refractivity contribution is 7.16. The minimum absolute atomic E-state index is 0.278. The van der Waals surface area contributed by atoms with E-state index in [1.165, 1.54) is 18.3 Å². The standard InChI is InChI=1S/C23H30N2O6S/c1-6-29-18-9-8-17(12-19(18)30-7-2)10-11-24-20(27)13-31-23(28)21-14(3)15(4)32-22(21)25-16(5)26/h8-9,12H,6-7,10-11,13H2,1-5H3,(H,24,27)(H,25,26). The van der Waals surface area contributed by atoms with Crippen LogP contribution in [0.5, 0.6) is 11.5 Å². The molecule has 9 heteroatoms. The van der Waals surface area contributed by atoms with Gasteiger partial charge in [0, 0.05) is 18.3 Å². The zero-order valence-electron chi connectivity index (χ0n) is 19.1. The first kappa shape index (κ1) is 25.2. The second kappa shape index (κ2) is 12.1. The van der Waals surface area contributed by atoms with Crippen LogP contribution < -0.4 is 20.1 Å². The number of amides is 2. The normalized spacial score (nSPS) is 10.4. The second-order valence-electron chi connectivity index (χ2n) is 6.99. The molecule has 174 valence electrons. The van der Waals surface area contributed by atoms with Gasteiger partial charge in [0.1, 0.15) is 5.00 Å². The van der Waals surface area contributed by atoms with E-state index in [0.29, 0.717) is 42.7 Å². The minimum Gasteiger partial charge on any atom is -0.490 e. The van der Waals surface area contributed by atoms with Crippen LogP contribution >= 0.6 is 11.3 Å². The smallest absolute Gasteiger partial charge is 0.341 e. The third-order valence-electron chi connectivity index (χ3n) is 4.56. The van der Waals surface area contributed by atoms with E-state index in [1.54, 1.807) is 6.92 Å². The molecule has 1 aromatic heterocycles. The van der Waals surface area contributed by atoms with Crippen LogP contribution in [0.15, 0.2) is 18.2 Å². The van der Waals surface area contributed by atoms with Gasteiger partial charge in [0.05, 0.1) is 18.8 Å². The fraction of sp³-hybridized carbons (Fsp3) is 0.435. The van der Waals surface area contributed by atoms with Crippen LogP contribution in [0, 0.1) is 13.8 Å². The number of hydrogen-bond donors (Lipinski definition) is 2. The van der Waals surface area contributed by atoms with Gasteiger partial charge in [-0.15, -0.1) is 11.3 Å². The van der Waals surface area contributed by atoms with Crippen LogP contribution in [-0.4, -0.2) is 44.1 Å². The molecule has 0 aliphatic carbocycles. The third-order valence-corrected chi connectivity index (χ3v) is 5.68. The lowest BCUT2D eigenvalue weighted by Crippen LogP contribution is -2.30. The quantitative estimate of drug-likeness (QED) is 0.494. The highest BCUT2D eigenvalue weighted by atomic mass is 32.1. The van der Waals surface area contributed by atoms with Gasteiger partial charge in [-0.25, -0.2) is 4.79 Å².